The van der Waals surface area contributed by atoms with Crippen molar-refractivity contribution in [1.29, 1.82) is 0 Å². The van der Waals surface area contributed by atoms with E-state index in [1.54, 1.807) is 26.4 Å². The molecular weight excluding hydrogens is 423 g/mol. The highest BCUT2D eigenvalue weighted by molar-refractivity contribution is 6.30. The van der Waals surface area contributed by atoms with Crippen LogP contribution in [0.3, 0.4) is 0 Å². The normalized spacial score (nSPS) is 15.5. The Morgan fingerprint density at radius 2 is 1.83 bits per heavy atom. The van der Waals surface area contributed by atoms with Crippen LogP contribution in [0.4, 0.5) is 0 Å². The van der Waals surface area contributed by atoms with Gasteiger partial charge in [-0.25, -0.2) is 4.98 Å². The van der Waals surface area contributed by atoms with Crippen LogP contribution in [0.25, 0.3) is 0 Å². The molecular formula is C23H20Cl2N2O3. The van der Waals surface area contributed by atoms with Crippen LogP contribution in [0.1, 0.15) is 33.1 Å². The van der Waals surface area contributed by atoms with Gasteiger partial charge in [0.25, 0.3) is 5.91 Å². The average molecular weight is 443 g/mol. The summed E-state index contributed by atoms with van der Waals surface area (Å²) in [6.45, 7) is 0.543. The van der Waals surface area contributed by atoms with Crippen LogP contribution in [0, 0.1) is 0 Å². The van der Waals surface area contributed by atoms with Gasteiger partial charge in [-0.2, -0.15) is 0 Å². The number of halogens is 2. The van der Waals surface area contributed by atoms with Crippen molar-refractivity contribution in [3.05, 3.63) is 87.2 Å². The lowest BCUT2D eigenvalue weighted by Crippen LogP contribution is -2.40. The second-order valence-electron chi connectivity index (χ2n) is 6.98. The molecule has 0 aliphatic carbocycles. The number of pyridine rings is 1. The van der Waals surface area contributed by atoms with Gasteiger partial charge in [-0.05, 0) is 59.5 Å². The Bertz CT molecular complexity index is 1090. The molecule has 1 amide bonds. The average Bonchev–Trinajstić information content (AvgIpc) is 2.77. The molecule has 7 heteroatoms. The zero-order valence-corrected chi connectivity index (χ0v) is 18.1. The maximum atomic E-state index is 13.4. The number of methoxy groups -OCH3 is 2. The van der Waals surface area contributed by atoms with Crippen molar-refractivity contribution in [2.24, 2.45) is 0 Å². The van der Waals surface area contributed by atoms with Crippen LogP contribution < -0.4 is 9.47 Å². The highest BCUT2D eigenvalue weighted by atomic mass is 35.5. The molecule has 4 rings (SSSR count). The molecule has 0 radical (unpaired) electrons. The van der Waals surface area contributed by atoms with E-state index in [1.165, 1.54) is 6.20 Å². The number of ether oxygens (including phenoxy) is 2. The molecule has 2 heterocycles. The largest absolute Gasteiger partial charge is 0.493 e. The Kier molecular flexibility index (Phi) is 5.84. The number of amides is 1. The number of aromatic nitrogens is 1. The highest BCUT2D eigenvalue weighted by Gasteiger charge is 2.34. The summed E-state index contributed by atoms with van der Waals surface area (Å²) in [6, 6.07) is 14.5. The number of nitrogens with zero attached hydrogens (tertiary/aromatic N) is 2. The van der Waals surface area contributed by atoms with Crippen molar-refractivity contribution < 1.29 is 14.3 Å². The van der Waals surface area contributed by atoms with Crippen LogP contribution >= 0.6 is 23.2 Å². The number of fused-ring (bicyclic) bond motifs is 1. The van der Waals surface area contributed by atoms with E-state index in [1.807, 2.05) is 41.3 Å². The van der Waals surface area contributed by atoms with Gasteiger partial charge >= 0.3 is 0 Å². The second-order valence-corrected chi connectivity index (χ2v) is 7.81. The summed E-state index contributed by atoms with van der Waals surface area (Å²) in [5.41, 5.74) is 3.49. The van der Waals surface area contributed by atoms with Gasteiger partial charge in [0.2, 0.25) is 0 Å². The molecule has 5 nitrogen and oxygen atoms in total. The first-order chi connectivity index (χ1) is 14.5. The maximum absolute atomic E-state index is 13.4. The maximum Gasteiger partial charge on any atom is 0.256 e. The summed E-state index contributed by atoms with van der Waals surface area (Å²) in [6.07, 6.45) is 2.20. The molecule has 1 atom stereocenters. The number of hydrogen-bond donors (Lipinski definition) is 0. The van der Waals surface area contributed by atoms with E-state index in [2.05, 4.69) is 4.98 Å². The van der Waals surface area contributed by atoms with Crippen molar-refractivity contribution in [2.45, 2.75) is 12.5 Å². The predicted molar refractivity (Wildman–Crippen MR) is 117 cm³/mol. The fourth-order valence-electron chi connectivity index (χ4n) is 3.87. The fraction of sp³-hybridized carbons (Fsp3) is 0.217. The molecule has 0 N–H and O–H groups in total. The first-order valence-corrected chi connectivity index (χ1v) is 10.2. The zero-order chi connectivity index (χ0) is 21.3. The van der Waals surface area contributed by atoms with E-state index in [0.29, 0.717) is 40.2 Å². The van der Waals surface area contributed by atoms with Crippen molar-refractivity contribution in [3.63, 3.8) is 0 Å². The van der Waals surface area contributed by atoms with E-state index in [9.17, 15) is 4.79 Å². The SMILES string of the molecule is COc1cc2c(cc1OC)[C@H](c1cccc(Cl)c1)N(C(=O)c1ccc(Cl)nc1)CC2. The van der Waals surface area contributed by atoms with E-state index in [-0.39, 0.29) is 11.9 Å². The standard InChI is InChI=1S/C23H20Cl2N2O3/c1-29-19-11-14-8-9-27(23(28)16-6-7-21(25)26-13-16)22(18(14)12-20(19)30-2)15-4-3-5-17(24)10-15/h3-7,10-13,22H,8-9H2,1-2H3/t22-/m0/s1. The first kappa shape index (κ1) is 20.5. The minimum Gasteiger partial charge on any atom is -0.493 e. The van der Waals surface area contributed by atoms with Gasteiger partial charge in [-0.1, -0.05) is 35.3 Å². The van der Waals surface area contributed by atoms with Crippen LogP contribution in [0.2, 0.25) is 10.2 Å². The quantitative estimate of drug-likeness (QED) is 0.521. The molecule has 3 aromatic rings. The topological polar surface area (TPSA) is 51.7 Å². The minimum atomic E-state index is -0.324. The van der Waals surface area contributed by atoms with Crippen LogP contribution in [0.5, 0.6) is 11.5 Å². The van der Waals surface area contributed by atoms with Crippen molar-refractivity contribution in [3.8, 4) is 11.5 Å². The van der Waals surface area contributed by atoms with E-state index in [4.69, 9.17) is 32.7 Å². The molecule has 1 aliphatic heterocycles. The van der Waals surface area contributed by atoms with Crippen molar-refractivity contribution in [2.75, 3.05) is 20.8 Å². The van der Waals surface area contributed by atoms with E-state index >= 15 is 0 Å². The Balaban J connectivity index is 1.85. The van der Waals surface area contributed by atoms with Crippen LogP contribution in [0.15, 0.2) is 54.7 Å². The Labute approximate surface area is 185 Å². The third-order valence-corrected chi connectivity index (χ3v) is 5.73. The van der Waals surface area contributed by atoms with Crippen molar-refractivity contribution in [1.82, 2.24) is 9.88 Å². The fourth-order valence-corrected chi connectivity index (χ4v) is 4.18. The molecule has 0 saturated heterocycles. The molecule has 30 heavy (non-hydrogen) atoms. The molecule has 0 unspecified atom stereocenters. The van der Waals surface area contributed by atoms with Crippen LogP contribution in [-0.4, -0.2) is 36.6 Å². The smallest absolute Gasteiger partial charge is 0.256 e. The van der Waals surface area contributed by atoms with Gasteiger partial charge in [0.15, 0.2) is 11.5 Å². The summed E-state index contributed by atoms with van der Waals surface area (Å²) in [7, 11) is 3.22. The van der Waals surface area contributed by atoms with E-state index in [0.717, 1.165) is 16.7 Å². The lowest BCUT2D eigenvalue weighted by atomic mass is 9.87. The van der Waals surface area contributed by atoms with Gasteiger partial charge in [0.05, 0.1) is 25.8 Å². The molecule has 0 saturated carbocycles. The third-order valence-electron chi connectivity index (χ3n) is 5.27. The molecule has 0 spiro atoms. The molecule has 1 aliphatic rings. The second kappa shape index (κ2) is 8.54. The molecule has 154 valence electrons. The van der Waals surface area contributed by atoms with Gasteiger partial charge in [-0.3, -0.25) is 4.79 Å². The highest BCUT2D eigenvalue weighted by Crippen LogP contribution is 2.41. The Hall–Kier alpha value is -2.76. The molecule has 0 bridgehead atoms. The Morgan fingerprint density at radius 3 is 2.50 bits per heavy atom. The van der Waals surface area contributed by atoms with Gasteiger partial charge in [0.1, 0.15) is 5.15 Å². The summed E-state index contributed by atoms with van der Waals surface area (Å²) in [5, 5.41) is 0.958. The number of hydrogen-bond acceptors (Lipinski definition) is 4. The summed E-state index contributed by atoms with van der Waals surface area (Å²) >= 11 is 12.2. The van der Waals surface area contributed by atoms with Crippen LogP contribution in [-0.2, 0) is 6.42 Å². The summed E-state index contributed by atoms with van der Waals surface area (Å²) in [5.74, 6) is 1.16. The third kappa shape index (κ3) is 3.83. The molecule has 1 aromatic heterocycles. The molecule has 0 fully saturated rings. The predicted octanol–water partition coefficient (Wildman–Crippen LogP) is 5.19. The number of carbonyl (C=O) groups excluding carboxylic acids is 1. The number of rotatable bonds is 4. The first-order valence-electron chi connectivity index (χ1n) is 9.44. The number of carbonyl (C=O) groups is 1. The zero-order valence-electron chi connectivity index (χ0n) is 16.6. The lowest BCUT2D eigenvalue weighted by molar-refractivity contribution is 0.0693. The van der Waals surface area contributed by atoms with Crippen molar-refractivity contribution >= 4 is 29.1 Å². The van der Waals surface area contributed by atoms with Gasteiger partial charge in [0, 0.05) is 17.8 Å². The van der Waals surface area contributed by atoms with E-state index < -0.39 is 0 Å². The Morgan fingerprint density at radius 1 is 1.07 bits per heavy atom. The summed E-state index contributed by atoms with van der Waals surface area (Å²) in [4.78, 5) is 19.3. The summed E-state index contributed by atoms with van der Waals surface area (Å²) < 4.78 is 11.0. The van der Waals surface area contributed by atoms with Gasteiger partial charge < -0.3 is 14.4 Å². The molecule has 2 aromatic carbocycles. The van der Waals surface area contributed by atoms with Gasteiger partial charge in [-0.15, -0.1) is 0 Å². The number of benzene rings is 2. The monoisotopic (exact) mass is 442 g/mol. The lowest BCUT2D eigenvalue weighted by Gasteiger charge is -2.38. The minimum absolute atomic E-state index is 0.121.